The number of carbonyl (C=O) groups excluding carboxylic acids is 1. The third-order valence-corrected chi connectivity index (χ3v) is 6.29. The summed E-state index contributed by atoms with van der Waals surface area (Å²) in [5.41, 5.74) is 6.63. The van der Waals surface area contributed by atoms with Crippen LogP contribution in [0.3, 0.4) is 0 Å². The first-order chi connectivity index (χ1) is 13.7. The van der Waals surface area contributed by atoms with Crippen LogP contribution in [0.5, 0.6) is 0 Å². The predicted octanol–water partition coefficient (Wildman–Crippen LogP) is 4.64. The second kappa shape index (κ2) is 8.41. The summed E-state index contributed by atoms with van der Waals surface area (Å²) >= 11 is 3.01. The number of para-hydroxylation sites is 2. The van der Waals surface area contributed by atoms with Gasteiger partial charge in [-0.15, -0.1) is 11.3 Å². The Labute approximate surface area is 171 Å². The average molecular weight is 407 g/mol. The van der Waals surface area contributed by atoms with Gasteiger partial charge in [-0.2, -0.15) is 5.10 Å². The van der Waals surface area contributed by atoms with Crippen LogP contribution in [0.4, 0.5) is 0 Å². The van der Waals surface area contributed by atoms with E-state index in [0.717, 1.165) is 31.6 Å². The molecule has 2 aromatic carbocycles. The largest absolute Gasteiger partial charge is 0.313 e. The molecule has 0 aliphatic carbocycles. The van der Waals surface area contributed by atoms with Crippen molar-refractivity contribution in [2.24, 2.45) is 5.10 Å². The van der Waals surface area contributed by atoms with Gasteiger partial charge >= 0.3 is 0 Å². The minimum Gasteiger partial charge on any atom is -0.313 e. The van der Waals surface area contributed by atoms with Crippen LogP contribution in [0, 0.1) is 6.92 Å². The molecule has 1 amide bonds. The lowest BCUT2D eigenvalue weighted by Crippen LogP contribution is -2.19. The fraction of sp³-hybridized carbons (Fsp3) is 0.0952. The van der Waals surface area contributed by atoms with Crippen LogP contribution in [-0.2, 0) is 4.79 Å². The number of nitrogens with zero attached hydrogens (tertiary/aromatic N) is 3. The summed E-state index contributed by atoms with van der Waals surface area (Å²) in [5, 5.41) is 4.12. The fourth-order valence-corrected chi connectivity index (χ4v) is 4.69. The molecule has 7 heteroatoms. The Hall–Kier alpha value is -2.90. The molecule has 1 N–H and O–H groups in total. The molecule has 2 heterocycles. The van der Waals surface area contributed by atoms with Crippen LogP contribution in [-0.4, -0.2) is 27.4 Å². The van der Waals surface area contributed by atoms with Crippen LogP contribution in [0.15, 0.2) is 76.2 Å². The van der Waals surface area contributed by atoms with Gasteiger partial charge in [-0.05, 0) is 43.3 Å². The highest BCUT2D eigenvalue weighted by Crippen LogP contribution is 2.29. The molecule has 0 saturated carbocycles. The van der Waals surface area contributed by atoms with E-state index in [0.29, 0.717) is 0 Å². The zero-order valence-corrected chi connectivity index (χ0v) is 16.8. The smallest absolute Gasteiger partial charge is 0.250 e. The summed E-state index contributed by atoms with van der Waals surface area (Å²) in [7, 11) is 0. The predicted molar refractivity (Wildman–Crippen MR) is 117 cm³/mol. The van der Waals surface area contributed by atoms with Gasteiger partial charge < -0.3 is 4.57 Å². The first kappa shape index (κ1) is 18.5. The SMILES string of the molecule is Cc1ccc(/C=N\NC(=O)CSc2nc3ccccc3s2)n1-c1ccccc1. The second-order valence-corrected chi connectivity index (χ2v) is 8.35. The van der Waals surface area contributed by atoms with Crippen molar-refractivity contribution in [3.63, 3.8) is 0 Å². The maximum atomic E-state index is 12.1. The van der Waals surface area contributed by atoms with Gasteiger partial charge in [-0.1, -0.05) is 42.1 Å². The normalized spacial score (nSPS) is 11.3. The van der Waals surface area contributed by atoms with Gasteiger partial charge in [-0.25, -0.2) is 10.4 Å². The van der Waals surface area contributed by atoms with Gasteiger partial charge in [-0.3, -0.25) is 4.79 Å². The number of aromatic nitrogens is 2. The fourth-order valence-electron chi connectivity index (χ4n) is 2.83. The Balaban J connectivity index is 1.37. The standard InChI is InChI=1S/C21H18N4OS2/c1-15-11-12-17(25(15)16-7-3-2-4-8-16)13-22-24-20(26)14-27-21-23-18-9-5-6-10-19(18)28-21/h2-13H,14H2,1H3,(H,24,26)/b22-13-. The summed E-state index contributed by atoms with van der Waals surface area (Å²) in [6, 6.07) is 22.0. The minimum atomic E-state index is -0.157. The number of hydrogen-bond acceptors (Lipinski definition) is 5. The minimum absolute atomic E-state index is 0.157. The average Bonchev–Trinajstić information content (AvgIpc) is 3.30. The van der Waals surface area contributed by atoms with Gasteiger partial charge in [0.15, 0.2) is 4.34 Å². The zero-order valence-electron chi connectivity index (χ0n) is 15.2. The second-order valence-electron chi connectivity index (χ2n) is 6.10. The first-order valence-corrected chi connectivity index (χ1v) is 10.5. The molecule has 0 bridgehead atoms. The monoisotopic (exact) mass is 406 g/mol. The van der Waals surface area contributed by atoms with Gasteiger partial charge in [0.2, 0.25) is 0 Å². The van der Waals surface area contributed by atoms with Crippen molar-refractivity contribution in [3.05, 3.63) is 78.1 Å². The third-order valence-electron chi connectivity index (χ3n) is 4.11. The van der Waals surface area contributed by atoms with E-state index < -0.39 is 0 Å². The van der Waals surface area contributed by atoms with Gasteiger partial charge in [0, 0.05) is 11.4 Å². The third kappa shape index (κ3) is 4.16. The van der Waals surface area contributed by atoms with Crippen molar-refractivity contribution >= 4 is 45.4 Å². The summed E-state index contributed by atoms with van der Waals surface area (Å²) in [6.45, 7) is 2.04. The molecule has 28 heavy (non-hydrogen) atoms. The maximum absolute atomic E-state index is 12.1. The van der Waals surface area contributed by atoms with E-state index in [4.69, 9.17) is 0 Å². The van der Waals surface area contributed by atoms with Crippen LogP contribution in [0.2, 0.25) is 0 Å². The van der Waals surface area contributed by atoms with Gasteiger partial charge in [0.05, 0.1) is 27.9 Å². The Morgan fingerprint density at radius 2 is 1.93 bits per heavy atom. The molecule has 0 saturated heterocycles. The number of benzene rings is 2. The summed E-state index contributed by atoms with van der Waals surface area (Å²) in [6.07, 6.45) is 1.67. The molecule has 0 aliphatic rings. The molecule has 0 unspecified atom stereocenters. The number of thioether (sulfide) groups is 1. The maximum Gasteiger partial charge on any atom is 0.250 e. The summed E-state index contributed by atoms with van der Waals surface area (Å²) in [5.74, 6) is 0.116. The summed E-state index contributed by atoms with van der Waals surface area (Å²) < 4.78 is 4.10. The van der Waals surface area contributed by atoms with E-state index >= 15 is 0 Å². The lowest BCUT2D eigenvalue weighted by atomic mass is 10.3. The van der Waals surface area contributed by atoms with Crippen molar-refractivity contribution in [2.75, 3.05) is 5.75 Å². The Kier molecular flexibility index (Phi) is 5.55. The van der Waals surface area contributed by atoms with E-state index in [1.807, 2.05) is 73.7 Å². The number of amides is 1. The topological polar surface area (TPSA) is 59.3 Å². The number of hydrogen-bond donors (Lipinski definition) is 1. The van der Waals surface area contributed by atoms with Crippen molar-refractivity contribution in [1.29, 1.82) is 0 Å². The number of thiazole rings is 1. The summed E-state index contributed by atoms with van der Waals surface area (Å²) in [4.78, 5) is 16.6. The highest BCUT2D eigenvalue weighted by Gasteiger charge is 2.08. The van der Waals surface area contributed by atoms with Crippen molar-refractivity contribution in [2.45, 2.75) is 11.3 Å². The number of nitrogens with one attached hydrogen (secondary N) is 1. The van der Waals surface area contributed by atoms with Crippen LogP contribution in [0.1, 0.15) is 11.4 Å². The van der Waals surface area contributed by atoms with E-state index in [1.54, 1.807) is 17.6 Å². The van der Waals surface area contributed by atoms with Crippen LogP contribution < -0.4 is 5.43 Å². The van der Waals surface area contributed by atoms with Gasteiger partial charge in [0.25, 0.3) is 5.91 Å². The van der Waals surface area contributed by atoms with Crippen LogP contribution in [0.25, 0.3) is 15.9 Å². The molecule has 0 spiro atoms. The highest BCUT2D eigenvalue weighted by molar-refractivity contribution is 8.01. The molecule has 2 aromatic heterocycles. The Morgan fingerprint density at radius 3 is 2.75 bits per heavy atom. The van der Waals surface area contributed by atoms with Crippen molar-refractivity contribution in [3.8, 4) is 5.69 Å². The molecule has 0 aliphatic heterocycles. The molecule has 5 nitrogen and oxygen atoms in total. The van der Waals surface area contributed by atoms with E-state index in [-0.39, 0.29) is 11.7 Å². The Bertz CT molecular complexity index is 1100. The number of rotatable bonds is 6. The molecule has 0 fully saturated rings. The molecule has 4 rings (SSSR count). The molecular formula is C21H18N4OS2. The Morgan fingerprint density at radius 1 is 1.14 bits per heavy atom. The highest BCUT2D eigenvalue weighted by atomic mass is 32.2. The lowest BCUT2D eigenvalue weighted by Gasteiger charge is -2.08. The molecule has 140 valence electrons. The molecule has 0 atom stereocenters. The number of fused-ring (bicyclic) bond motifs is 1. The first-order valence-electron chi connectivity index (χ1n) is 8.75. The molecule has 0 radical (unpaired) electrons. The van der Waals surface area contributed by atoms with E-state index in [1.165, 1.54) is 11.8 Å². The van der Waals surface area contributed by atoms with Crippen molar-refractivity contribution < 1.29 is 4.79 Å². The molecule has 4 aromatic rings. The quantitative estimate of drug-likeness (QED) is 0.288. The number of carbonyl (C=O) groups is 1. The number of aryl methyl sites for hydroxylation is 1. The zero-order chi connectivity index (χ0) is 19.3. The van der Waals surface area contributed by atoms with Gasteiger partial charge in [0.1, 0.15) is 0 Å². The van der Waals surface area contributed by atoms with E-state index in [9.17, 15) is 4.79 Å². The van der Waals surface area contributed by atoms with Crippen LogP contribution >= 0.6 is 23.1 Å². The van der Waals surface area contributed by atoms with Crippen molar-refractivity contribution in [1.82, 2.24) is 15.0 Å². The van der Waals surface area contributed by atoms with E-state index in [2.05, 4.69) is 20.1 Å². The lowest BCUT2D eigenvalue weighted by molar-refractivity contribution is -0.118. The number of hydrazone groups is 1. The molecular weight excluding hydrogens is 388 g/mol.